The number of aromatic nitrogens is 8. The summed E-state index contributed by atoms with van der Waals surface area (Å²) in [5.74, 6) is 5.49. The van der Waals surface area contributed by atoms with Crippen LogP contribution in [0.5, 0.6) is 28.7 Å². The molecule has 0 spiro atoms. The number of nitrogens with zero attached hydrogens (tertiary/aromatic N) is 6. The van der Waals surface area contributed by atoms with Gasteiger partial charge in [-0.3, -0.25) is 9.13 Å². The minimum Gasteiger partial charge on any atom is -0.508 e. The Kier molecular flexibility index (Phi) is 23.5. The number of nitrogens with one attached hydrogen (secondary N) is 2. The number of H-pyrrole nitrogens is 2. The highest BCUT2D eigenvalue weighted by molar-refractivity contribution is 7.92. The maximum Gasteiger partial charge on any atom is 0.206 e. The van der Waals surface area contributed by atoms with Crippen molar-refractivity contribution in [1.29, 1.82) is 0 Å². The fourth-order valence-electron chi connectivity index (χ4n) is 14.3. The molecule has 0 amide bonds. The number of rotatable bonds is 17. The van der Waals surface area contributed by atoms with Crippen molar-refractivity contribution in [2.45, 2.75) is 36.3 Å². The number of aromatic hydroxyl groups is 2. The van der Waals surface area contributed by atoms with E-state index < -0.39 is 29.5 Å². The smallest absolute Gasteiger partial charge is 0.206 e. The zero-order chi connectivity index (χ0) is 86.4. The third-order valence-electron chi connectivity index (χ3n) is 20.8. The van der Waals surface area contributed by atoms with Crippen molar-refractivity contribution in [3.05, 3.63) is 404 Å². The largest absolute Gasteiger partial charge is 0.508 e. The van der Waals surface area contributed by atoms with Gasteiger partial charge in [0.05, 0.1) is 80.6 Å². The van der Waals surface area contributed by atoms with Crippen LogP contribution in [0, 0.1) is 6.92 Å². The summed E-state index contributed by atoms with van der Waals surface area (Å²) in [5, 5.41) is 19.2. The molecule has 0 unspecified atom stereocenters. The number of aromatic amines is 2. The number of fused-ring (bicyclic) bond motifs is 4. The van der Waals surface area contributed by atoms with Crippen LogP contribution < -0.4 is 9.47 Å². The average Bonchev–Trinajstić information content (AvgIpc) is 1.62. The first-order valence-corrected chi connectivity index (χ1v) is 44.6. The van der Waals surface area contributed by atoms with Gasteiger partial charge >= 0.3 is 0 Å². The summed E-state index contributed by atoms with van der Waals surface area (Å²) in [6.07, 6.45) is 0. The molecule has 0 bridgehead atoms. The van der Waals surface area contributed by atoms with E-state index >= 15 is 0 Å². The van der Waals surface area contributed by atoms with Gasteiger partial charge in [0.1, 0.15) is 52.0 Å². The Balaban J connectivity index is 0.000000159. The van der Waals surface area contributed by atoms with Crippen molar-refractivity contribution >= 4 is 96.8 Å². The predicted molar refractivity (Wildman–Crippen MR) is 494 cm³/mol. The molecule has 4 aromatic heterocycles. The summed E-state index contributed by atoms with van der Waals surface area (Å²) < 4.78 is 94.9. The number of benzene rings is 16. The van der Waals surface area contributed by atoms with Crippen molar-refractivity contribution in [1.82, 2.24) is 39.0 Å². The highest BCUT2D eigenvalue weighted by atomic mass is 35.5. The highest BCUT2D eigenvalue weighted by Crippen LogP contribution is 2.38. The fourth-order valence-corrected chi connectivity index (χ4v) is 18.3. The van der Waals surface area contributed by atoms with Gasteiger partial charge in [-0.05, 0) is 272 Å². The van der Waals surface area contributed by atoms with Crippen LogP contribution in [0.4, 0.5) is 0 Å². The van der Waals surface area contributed by atoms with Crippen LogP contribution >= 0.6 is 23.2 Å². The van der Waals surface area contributed by atoms with E-state index in [-0.39, 0.29) is 40.9 Å². The van der Waals surface area contributed by atoms with Gasteiger partial charge in [-0.15, -0.1) is 0 Å². The Morgan fingerprint density at radius 1 is 0.296 bits per heavy atom. The number of imidazole rings is 4. The number of para-hydroxylation sites is 8. The molecule has 0 saturated carbocycles. The maximum atomic E-state index is 14.0. The monoisotopic (exact) mass is 1740 g/mol. The molecule has 18 nitrogen and oxygen atoms in total. The Hall–Kier alpha value is -15.0. The molecule has 16 aromatic carbocycles. The third kappa shape index (κ3) is 18.1. The van der Waals surface area contributed by atoms with Gasteiger partial charge in [-0.1, -0.05) is 174 Å². The lowest BCUT2D eigenvalue weighted by Gasteiger charge is -2.13. The number of halogens is 2. The van der Waals surface area contributed by atoms with Crippen molar-refractivity contribution < 1.29 is 44.9 Å². The average molecular weight is 1740 g/mol. The van der Waals surface area contributed by atoms with Crippen LogP contribution in [-0.4, -0.2) is 81.6 Å². The molecular weight excluding hydrogens is 1660 g/mol. The molecule has 4 N–H and O–H groups in total. The number of sulfone groups is 3. The first-order valence-electron chi connectivity index (χ1n) is 39.4. The van der Waals surface area contributed by atoms with E-state index in [0.29, 0.717) is 33.2 Å². The summed E-state index contributed by atoms with van der Waals surface area (Å²) in [6, 6.07) is 116. The zero-order valence-corrected chi connectivity index (χ0v) is 70.7. The van der Waals surface area contributed by atoms with Crippen LogP contribution in [0.3, 0.4) is 0 Å². The molecule has 20 aromatic rings. The molecule has 0 saturated heterocycles. The number of phenols is 2. The van der Waals surface area contributed by atoms with E-state index in [0.717, 1.165) is 123 Å². The fraction of sp³-hybridized carbons (Fsp3) is 0.0196. The molecule has 20 rings (SSSR count). The predicted octanol–water partition coefficient (Wildman–Crippen LogP) is 24.5. The summed E-state index contributed by atoms with van der Waals surface area (Å²) in [4.78, 5) is 27.4. The molecule has 0 radical (unpaired) electrons. The quantitative estimate of drug-likeness (QED) is 0.0662. The summed E-state index contributed by atoms with van der Waals surface area (Å²) in [6.45, 7) is 1.92. The Morgan fingerprint density at radius 2 is 0.592 bits per heavy atom. The number of ether oxygens (including phenoxy) is 2. The maximum absolute atomic E-state index is 14.0. The molecule has 0 fully saturated rings. The first-order chi connectivity index (χ1) is 60.6. The van der Waals surface area contributed by atoms with Gasteiger partial charge in [0.2, 0.25) is 29.5 Å². The molecule has 0 aliphatic rings. The van der Waals surface area contributed by atoms with Crippen LogP contribution in [-0.2, 0) is 29.5 Å². The lowest BCUT2D eigenvalue weighted by molar-refractivity contribution is 0.415. The number of methoxy groups -OCH3 is 1. The first kappa shape index (κ1) is 82.3. The second kappa shape index (κ2) is 35.6. The highest BCUT2D eigenvalue weighted by Gasteiger charge is 2.25. The van der Waals surface area contributed by atoms with Crippen LogP contribution in [0.2, 0.25) is 10.0 Å². The van der Waals surface area contributed by atoms with Crippen LogP contribution in [0.25, 0.3) is 123 Å². The van der Waals surface area contributed by atoms with Crippen LogP contribution in [0.1, 0.15) is 5.56 Å². The molecule has 23 heteroatoms. The topological polar surface area (TPSA) is 254 Å². The summed E-state index contributed by atoms with van der Waals surface area (Å²) in [5.41, 5.74) is 17.5. The van der Waals surface area contributed by atoms with Gasteiger partial charge in [-0.2, -0.15) is 0 Å². The molecule has 125 heavy (non-hydrogen) atoms. The number of phenolic OH excluding ortho intramolecular Hbond substituents is 2. The third-order valence-corrected chi connectivity index (χ3v) is 26.7. The van der Waals surface area contributed by atoms with Gasteiger partial charge in [0, 0.05) is 43.7 Å². The van der Waals surface area contributed by atoms with Crippen molar-refractivity contribution in [3.8, 4) is 108 Å². The molecule has 4 heterocycles. The standard InChI is InChI=1S/C58H42N4O6S2.C20H14N4.C12H8Cl2O2S.C12H10O2/c1-39-14-30-49(31-15-39)69(63,64)50-32-20-44(21-33-50)61-55-12-5-3-10-53(55)59-57(61)42-8-7-9-43(38-42)58-60-54-11-4-6-13-56(54)62(58)45-22-34-51(35-23-45)70(65,66)52-36-28-48(29-37-52)68-47-26-18-41(19-27-47)40-16-24-46(67-2)25-17-40;1-2-9-16-15(8-1)21-19(22-16)13-6-5-7-14(12-13)20-23-17-10-3-4-11-18(17)24-20;13-9-1-5-11(6-2-9)17(15,16)12-7-3-10(14)4-8-12;13-11-5-1-9(2-6-11)10-3-7-12(14)8-4-10/h3-38H,1-2H3;1-12H,(H,21,22)(H,23,24);1-8H;1-8,13-14H. The van der Waals surface area contributed by atoms with E-state index in [1.165, 1.54) is 24.3 Å². The van der Waals surface area contributed by atoms with Gasteiger partial charge in [0.25, 0.3) is 0 Å². The van der Waals surface area contributed by atoms with E-state index in [9.17, 15) is 25.3 Å². The number of aryl methyl sites for hydroxylation is 1. The minimum absolute atomic E-state index is 0.141. The van der Waals surface area contributed by atoms with Crippen molar-refractivity contribution in [2.24, 2.45) is 0 Å². The van der Waals surface area contributed by atoms with E-state index in [1.807, 2.05) is 216 Å². The zero-order valence-electron chi connectivity index (χ0n) is 66.8. The Labute approximate surface area is 730 Å². The number of hydrogen-bond acceptors (Lipinski definition) is 14. The molecule has 0 atom stereocenters. The molecule has 0 aliphatic carbocycles. The molecule has 614 valence electrons. The summed E-state index contributed by atoms with van der Waals surface area (Å²) in [7, 11) is -9.47. The Bertz CT molecular complexity index is 7400. The van der Waals surface area contributed by atoms with Crippen molar-refractivity contribution in [3.63, 3.8) is 0 Å². The lowest BCUT2D eigenvalue weighted by Crippen LogP contribution is -2.04. The Morgan fingerprint density at radius 3 is 0.960 bits per heavy atom. The SMILES string of the molecule is COc1ccc(-c2ccc(Oc3ccc(S(=O)(=O)c4ccc(-n5c(-c6cccc(-c7nc8ccccc8n7-c7ccc(S(=O)(=O)c8ccc(C)cc8)cc7)c6)nc6ccccc65)cc4)cc3)cc2)cc1.O=S(=O)(c1ccc(Cl)cc1)c1ccc(Cl)cc1.Oc1ccc(-c2ccc(O)cc2)cc1.c1cc(-c2nc3ccccc3[nH]2)cc(-c2nc3ccccc3[nH]2)c1. The van der Waals surface area contributed by atoms with Crippen LogP contribution in [0.15, 0.2) is 418 Å². The minimum atomic E-state index is -3.89. The summed E-state index contributed by atoms with van der Waals surface area (Å²) >= 11 is 11.4. The second-order valence-corrected chi connectivity index (χ2v) is 35.7. The second-order valence-electron chi connectivity index (χ2n) is 29.0. The van der Waals surface area contributed by atoms with Gasteiger partial charge in [-0.25, -0.2) is 45.2 Å². The molecular formula is C102H74Cl2N8O10S3. The molecule has 0 aliphatic heterocycles. The normalized spacial score (nSPS) is 11.5. The van der Waals surface area contributed by atoms with Gasteiger partial charge < -0.3 is 29.7 Å². The van der Waals surface area contributed by atoms with Gasteiger partial charge in [0.15, 0.2) is 0 Å². The van der Waals surface area contributed by atoms with E-state index in [4.69, 9.17) is 52.9 Å². The number of hydrogen-bond donors (Lipinski definition) is 4. The lowest BCUT2D eigenvalue weighted by atomic mass is 10.1. The van der Waals surface area contributed by atoms with E-state index in [2.05, 4.69) is 38.1 Å². The van der Waals surface area contributed by atoms with Crippen molar-refractivity contribution in [2.75, 3.05) is 7.11 Å². The van der Waals surface area contributed by atoms with E-state index in [1.54, 1.807) is 153 Å².